The second kappa shape index (κ2) is 12.6. The van der Waals surface area contributed by atoms with Gasteiger partial charge in [0.2, 0.25) is 11.6 Å². The number of carbonyl (C=O) groups excluding carboxylic acids is 1. The van der Waals surface area contributed by atoms with Crippen molar-refractivity contribution in [1.82, 2.24) is 40.6 Å². The first-order valence-corrected chi connectivity index (χ1v) is 14.7. The molecule has 0 unspecified atom stereocenters. The van der Waals surface area contributed by atoms with E-state index in [1.54, 1.807) is 36.4 Å². The van der Waals surface area contributed by atoms with Gasteiger partial charge in [0.1, 0.15) is 5.75 Å². The summed E-state index contributed by atoms with van der Waals surface area (Å²) in [6, 6.07) is 13.8. The van der Waals surface area contributed by atoms with Crippen molar-refractivity contribution in [3.05, 3.63) is 65.0 Å². The normalized spacial score (nSPS) is 14.1. The van der Waals surface area contributed by atoms with Gasteiger partial charge in [-0.15, -0.1) is 16.4 Å². The van der Waals surface area contributed by atoms with Crippen molar-refractivity contribution in [3.8, 4) is 11.6 Å². The Morgan fingerprint density at radius 2 is 2.10 bits per heavy atom. The molecule has 0 aliphatic carbocycles. The SMILES string of the molecule is COc1ccc(/C=N\NC(=O)c2nnn(-c3nonc3N)c2CN2CCOCC2)cc1CSc1nc2ccccc2s1. The summed E-state index contributed by atoms with van der Waals surface area (Å²) in [4.78, 5) is 20.0. The predicted molar refractivity (Wildman–Crippen MR) is 157 cm³/mol. The fourth-order valence-electron chi connectivity index (χ4n) is 4.36. The molecule has 3 N–H and O–H groups in total. The van der Waals surface area contributed by atoms with Crippen LogP contribution in [0.2, 0.25) is 0 Å². The molecular weight excluding hydrogens is 580 g/mol. The average Bonchev–Trinajstić information content (AvgIpc) is 3.74. The maximum absolute atomic E-state index is 13.2. The fourth-order valence-corrected chi connectivity index (χ4v) is 6.41. The molecule has 1 fully saturated rings. The number of thioether (sulfide) groups is 1. The van der Waals surface area contributed by atoms with Gasteiger partial charge in [-0.2, -0.15) is 9.78 Å². The first kappa shape index (κ1) is 27.8. The Kier molecular flexibility index (Phi) is 8.36. The second-order valence-corrected chi connectivity index (χ2v) is 11.4. The lowest BCUT2D eigenvalue weighted by atomic mass is 10.1. The van der Waals surface area contributed by atoms with Crippen molar-refractivity contribution in [2.75, 3.05) is 39.1 Å². The molecule has 1 saturated heterocycles. The van der Waals surface area contributed by atoms with Crippen LogP contribution in [-0.2, 0) is 17.0 Å². The van der Waals surface area contributed by atoms with Crippen LogP contribution >= 0.6 is 23.1 Å². The molecular formula is C26H26N10O4S2. The van der Waals surface area contributed by atoms with E-state index in [1.165, 1.54) is 4.68 Å². The van der Waals surface area contributed by atoms with Crippen LogP contribution in [0.5, 0.6) is 5.75 Å². The first-order valence-electron chi connectivity index (χ1n) is 12.9. The number of amides is 1. The topological polar surface area (TPSA) is 172 Å². The van der Waals surface area contributed by atoms with Crippen molar-refractivity contribution in [2.24, 2.45) is 5.10 Å². The number of hydrogen-bond donors (Lipinski definition) is 2. The van der Waals surface area contributed by atoms with Gasteiger partial charge in [0.15, 0.2) is 10.0 Å². The Hall–Kier alpha value is -4.38. The van der Waals surface area contributed by atoms with E-state index in [1.807, 2.05) is 36.4 Å². The summed E-state index contributed by atoms with van der Waals surface area (Å²) in [5.74, 6) is 1.07. The minimum absolute atomic E-state index is 0.0321. The van der Waals surface area contributed by atoms with Gasteiger partial charge < -0.3 is 15.2 Å². The number of nitrogens with two attached hydrogens (primary N) is 1. The van der Waals surface area contributed by atoms with E-state index in [4.69, 9.17) is 24.8 Å². The summed E-state index contributed by atoms with van der Waals surface area (Å²) in [6.07, 6.45) is 1.56. The number of nitrogens with one attached hydrogen (secondary N) is 1. The molecule has 0 radical (unpaired) electrons. The number of hydrazone groups is 1. The highest BCUT2D eigenvalue weighted by Gasteiger charge is 2.26. The zero-order valence-electron chi connectivity index (χ0n) is 22.5. The number of para-hydroxylation sites is 1. The van der Waals surface area contributed by atoms with Crippen molar-refractivity contribution >= 4 is 51.3 Å². The molecule has 3 aromatic heterocycles. The summed E-state index contributed by atoms with van der Waals surface area (Å²) in [5, 5.41) is 19.8. The third-order valence-electron chi connectivity index (χ3n) is 6.46. The molecule has 0 spiro atoms. The Balaban J connectivity index is 1.16. The molecule has 0 atom stereocenters. The number of methoxy groups -OCH3 is 1. The van der Waals surface area contributed by atoms with Crippen LogP contribution in [-0.4, -0.2) is 80.7 Å². The highest BCUT2D eigenvalue weighted by molar-refractivity contribution is 8.00. The molecule has 2 aromatic carbocycles. The maximum atomic E-state index is 13.2. The zero-order valence-corrected chi connectivity index (χ0v) is 24.1. The van der Waals surface area contributed by atoms with Gasteiger partial charge in [-0.1, -0.05) is 29.1 Å². The predicted octanol–water partition coefficient (Wildman–Crippen LogP) is 2.74. The molecule has 216 valence electrons. The van der Waals surface area contributed by atoms with Crippen molar-refractivity contribution < 1.29 is 18.9 Å². The van der Waals surface area contributed by atoms with Gasteiger partial charge in [-0.25, -0.2) is 15.0 Å². The summed E-state index contributed by atoms with van der Waals surface area (Å²) in [6.45, 7) is 2.92. The van der Waals surface area contributed by atoms with Crippen LogP contribution in [0.3, 0.4) is 0 Å². The van der Waals surface area contributed by atoms with Crippen LogP contribution in [0, 0.1) is 0 Å². The molecule has 6 rings (SSSR count). The number of hydrogen-bond acceptors (Lipinski definition) is 14. The van der Waals surface area contributed by atoms with E-state index in [-0.39, 0.29) is 17.3 Å². The van der Waals surface area contributed by atoms with Crippen molar-refractivity contribution in [1.29, 1.82) is 0 Å². The Labute approximate surface area is 247 Å². The minimum Gasteiger partial charge on any atom is -0.496 e. The number of morpholine rings is 1. The lowest BCUT2D eigenvalue weighted by Gasteiger charge is -2.26. The molecule has 0 saturated carbocycles. The van der Waals surface area contributed by atoms with Gasteiger partial charge in [0.25, 0.3) is 5.91 Å². The van der Waals surface area contributed by atoms with Crippen molar-refractivity contribution in [2.45, 2.75) is 16.6 Å². The van der Waals surface area contributed by atoms with Crippen LogP contribution in [0.15, 0.2) is 56.5 Å². The molecule has 1 aliphatic heterocycles. The Morgan fingerprint density at radius 3 is 2.88 bits per heavy atom. The van der Waals surface area contributed by atoms with E-state index in [0.29, 0.717) is 44.3 Å². The number of nitrogen functional groups attached to an aromatic ring is 1. The smallest absolute Gasteiger partial charge is 0.293 e. The molecule has 1 amide bonds. The number of anilines is 1. The lowest BCUT2D eigenvalue weighted by Crippen LogP contribution is -2.37. The number of thiazole rings is 1. The molecule has 1 aliphatic rings. The number of rotatable bonds is 10. The summed E-state index contributed by atoms with van der Waals surface area (Å²) >= 11 is 3.30. The van der Waals surface area contributed by atoms with Gasteiger partial charge in [-0.05, 0) is 46.2 Å². The number of carbonyl (C=O) groups is 1. The summed E-state index contributed by atoms with van der Waals surface area (Å²) in [7, 11) is 1.64. The number of ether oxygens (including phenoxy) is 2. The van der Waals surface area contributed by atoms with Crippen LogP contribution in [0.4, 0.5) is 5.82 Å². The molecule has 16 heteroatoms. The maximum Gasteiger partial charge on any atom is 0.293 e. The van der Waals surface area contributed by atoms with Crippen LogP contribution in [0.25, 0.3) is 16.0 Å². The van der Waals surface area contributed by atoms with Gasteiger partial charge in [-0.3, -0.25) is 9.69 Å². The zero-order chi connectivity index (χ0) is 28.9. The van der Waals surface area contributed by atoms with Crippen LogP contribution in [0.1, 0.15) is 27.3 Å². The number of benzene rings is 2. The number of aromatic nitrogens is 6. The van der Waals surface area contributed by atoms with E-state index in [9.17, 15) is 4.79 Å². The third kappa shape index (κ3) is 6.11. The van der Waals surface area contributed by atoms with E-state index >= 15 is 0 Å². The standard InChI is InChI=1S/C26H26N10O4S2/c1-38-20-7-6-16(12-17(20)15-41-26-29-18-4-2-3-5-21(18)42-26)13-28-31-25(37)22-19(14-35-8-10-39-11-9-35)36(34-30-22)24-23(27)32-40-33-24/h2-7,12-13H,8-11,14-15H2,1H3,(H2,27,32)(H,31,37)/b28-13-. The largest absolute Gasteiger partial charge is 0.496 e. The van der Waals surface area contributed by atoms with Crippen LogP contribution < -0.4 is 15.9 Å². The minimum atomic E-state index is -0.532. The van der Waals surface area contributed by atoms with Gasteiger partial charge in [0.05, 0.1) is 42.4 Å². The third-order valence-corrected chi connectivity index (χ3v) is 8.69. The average molecular weight is 607 g/mol. The highest BCUT2D eigenvalue weighted by atomic mass is 32.2. The first-order chi connectivity index (χ1) is 20.6. The molecule has 14 nitrogen and oxygen atoms in total. The quantitative estimate of drug-likeness (QED) is 0.135. The molecule has 42 heavy (non-hydrogen) atoms. The monoisotopic (exact) mass is 606 g/mol. The molecule has 5 aromatic rings. The highest BCUT2D eigenvalue weighted by Crippen LogP contribution is 2.33. The van der Waals surface area contributed by atoms with E-state index in [2.05, 4.69) is 42.1 Å². The van der Waals surface area contributed by atoms with E-state index in [0.717, 1.165) is 31.4 Å². The summed E-state index contributed by atoms with van der Waals surface area (Å²) < 4.78 is 19.2. The number of nitrogens with zero attached hydrogens (tertiary/aromatic N) is 8. The molecule has 0 bridgehead atoms. The van der Waals surface area contributed by atoms with E-state index < -0.39 is 5.91 Å². The van der Waals surface area contributed by atoms with Gasteiger partial charge >= 0.3 is 0 Å². The Bertz CT molecular complexity index is 1690. The summed E-state index contributed by atoms with van der Waals surface area (Å²) in [5.41, 5.74) is 11.8. The van der Waals surface area contributed by atoms with Crippen molar-refractivity contribution in [3.63, 3.8) is 0 Å². The Morgan fingerprint density at radius 1 is 1.24 bits per heavy atom. The van der Waals surface area contributed by atoms with Gasteiger partial charge in [0, 0.05) is 31.0 Å². The lowest BCUT2D eigenvalue weighted by molar-refractivity contribution is 0.0332. The second-order valence-electron chi connectivity index (χ2n) is 9.16. The molecule has 4 heterocycles. The number of fused-ring (bicyclic) bond motifs is 1. The fraction of sp³-hybridized carbons (Fsp3) is 0.269.